The SMILES string of the molecule is CCN(CC)C(=O)C(C)Nc1cccc(C(N)=S)n1. The first-order valence-electron chi connectivity index (χ1n) is 6.31. The van der Waals surface area contributed by atoms with Gasteiger partial charge in [-0.1, -0.05) is 18.3 Å². The van der Waals surface area contributed by atoms with Crippen molar-refractivity contribution in [2.75, 3.05) is 18.4 Å². The summed E-state index contributed by atoms with van der Waals surface area (Å²) in [6.07, 6.45) is 0. The first-order chi connectivity index (χ1) is 8.99. The molecule has 6 heteroatoms. The maximum absolute atomic E-state index is 12.1. The Balaban J connectivity index is 2.76. The number of aromatic nitrogens is 1. The molecule has 1 atom stereocenters. The van der Waals surface area contributed by atoms with Crippen molar-refractivity contribution >= 4 is 28.9 Å². The van der Waals surface area contributed by atoms with E-state index in [9.17, 15) is 4.79 Å². The summed E-state index contributed by atoms with van der Waals surface area (Å²) in [5, 5.41) is 3.07. The first-order valence-corrected chi connectivity index (χ1v) is 6.72. The second-order valence-corrected chi connectivity index (χ2v) is 4.59. The zero-order chi connectivity index (χ0) is 14.4. The molecule has 0 radical (unpaired) electrons. The minimum absolute atomic E-state index is 0.0486. The topological polar surface area (TPSA) is 71.2 Å². The van der Waals surface area contributed by atoms with Crippen LogP contribution in [0.2, 0.25) is 0 Å². The smallest absolute Gasteiger partial charge is 0.244 e. The number of hydrogen-bond acceptors (Lipinski definition) is 4. The fourth-order valence-electron chi connectivity index (χ4n) is 1.75. The van der Waals surface area contributed by atoms with E-state index in [1.165, 1.54) is 0 Å². The van der Waals surface area contributed by atoms with Crippen molar-refractivity contribution in [3.8, 4) is 0 Å². The summed E-state index contributed by atoms with van der Waals surface area (Å²) in [6.45, 7) is 7.12. The Labute approximate surface area is 119 Å². The molecule has 1 rings (SSSR count). The molecule has 0 fully saturated rings. The van der Waals surface area contributed by atoms with Gasteiger partial charge in [0.15, 0.2) is 0 Å². The monoisotopic (exact) mass is 280 g/mol. The molecule has 1 aromatic heterocycles. The van der Waals surface area contributed by atoms with Crippen LogP contribution in [-0.4, -0.2) is 39.9 Å². The maximum Gasteiger partial charge on any atom is 0.244 e. The van der Waals surface area contributed by atoms with Crippen LogP contribution in [0.1, 0.15) is 26.5 Å². The van der Waals surface area contributed by atoms with Gasteiger partial charge in [0.05, 0.1) is 5.69 Å². The van der Waals surface area contributed by atoms with Crippen molar-refractivity contribution < 1.29 is 4.79 Å². The van der Waals surface area contributed by atoms with Crippen molar-refractivity contribution in [1.29, 1.82) is 0 Å². The number of anilines is 1. The van der Waals surface area contributed by atoms with Gasteiger partial charge in [-0.3, -0.25) is 4.79 Å². The highest BCUT2D eigenvalue weighted by Gasteiger charge is 2.18. The predicted molar refractivity (Wildman–Crippen MR) is 81.1 cm³/mol. The number of hydrogen-bond donors (Lipinski definition) is 2. The van der Waals surface area contributed by atoms with Gasteiger partial charge in [-0.25, -0.2) is 4.98 Å². The Morgan fingerprint density at radius 2 is 2.11 bits per heavy atom. The van der Waals surface area contributed by atoms with Gasteiger partial charge in [0.1, 0.15) is 16.8 Å². The van der Waals surface area contributed by atoms with Crippen molar-refractivity contribution in [2.24, 2.45) is 5.73 Å². The lowest BCUT2D eigenvalue weighted by Crippen LogP contribution is -2.41. The number of nitrogens with one attached hydrogen (secondary N) is 1. The molecule has 0 aliphatic heterocycles. The Hall–Kier alpha value is -1.69. The third kappa shape index (κ3) is 4.17. The van der Waals surface area contributed by atoms with Gasteiger partial charge >= 0.3 is 0 Å². The van der Waals surface area contributed by atoms with Crippen LogP contribution in [0.4, 0.5) is 5.82 Å². The van der Waals surface area contributed by atoms with Crippen LogP contribution < -0.4 is 11.1 Å². The number of nitrogens with two attached hydrogens (primary N) is 1. The molecule has 0 saturated carbocycles. The minimum atomic E-state index is -0.339. The Morgan fingerprint density at radius 3 is 2.63 bits per heavy atom. The predicted octanol–water partition coefficient (Wildman–Crippen LogP) is 1.38. The van der Waals surface area contributed by atoms with Gasteiger partial charge in [0, 0.05) is 13.1 Å². The van der Waals surface area contributed by atoms with E-state index in [-0.39, 0.29) is 16.9 Å². The number of carbonyl (C=O) groups is 1. The summed E-state index contributed by atoms with van der Waals surface area (Å²) in [4.78, 5) is 18.4. The molecule has 19 heavy (non-hydrogen) atoms. The van der Waals surface area contributed by atoms with Crippen molar-refractivity contribution in [3.05, 3.63) is 23.9 Å². The number of carbonyl (C=O) groups excluding carboxylic acids is 1. The third-order valence-electron chi connectivity index (χ3n) is 2.81. The minimum Gasteiger partial charge on any atom is -0.388 e. The lowest BCUT2D eigenvalue weighted by atomic mass is 10.2. The fraction of sp³-hybridized carbons (Fsp3) is 0.462. The normalized spacial score (nSPS) is 11.7. The quantitative estimate of drug-likeness (QED) is 0.770. The molecule has 1 aromatic rings. The number of nitrogens with zero attached hydrogens (tertiary/aromatic N) is 2. The molecule has 5 nitrogen and oxygen atoms in total. The molecule has 1 amide bonds. The molecule has 0 spiro atoms. The van der Waals surface area contributed by atoms with E-state index in [1.807, 2.05) is 20.8 Å². The van der Waals surface area contributed by atoms with Crippen molar-refractivity contribution in [3.63, 3.8) is 0 Å². The average molecular weight is 280 g/mol. The van der Waals surface area contributed by atoms with Gasteiger partial charge in [-0.05, 0) is 32.9 Å². The summed E-state index contributed by atoms with van der Waals surface area (Å²) < 4.78 is 0. The third-order valence-corrected chi connectivity index (χ3v) is 3.02. The molecule has 3 N–H and O–H groups in total. The zero-order valence-electron chi connectivity index (χ0n) is 11.5. The highest BCUT2D eigenvalue weighted by atomic mass is 32.1. The molecule has 0 aliphatic carbocycles. The molecule has 0 bridgehead atoms. The van der Waals surface area contributed by atoms with E-state index in [0.29, 0.717) is 24.6 Å². The fourth-order valence-corrected chi connectivity index (χ4v) is 1.86. The van der Waals surface area contributed by atoms with E-state index in [4.69, 9.17) is 18.0 Å². The van der Waals surface area contributed by atoms with Gasteiger partial charge in [0.2, 0.25) is 5.91 Å². The maximum atomic E-state index is 12.1. The van der Waals surface area contributed by atoms with Crippen LogP contribution in [0.3, 0.4) is 0 Å². The highest BCUT2D eigenvalue weighted by Crippen LogP contribution is 2.08. The highest BCUT2D eigenvalue weighted by molar-refractivity contribution is 7.80. The van der Waals surface area contributed by atoms with Crippen LogP contribution in [0.5, 0.6) is 0 Å². The second-order valence-electron chi connectivity index (χ2n) is 4.15. The molecule has 0 aromatic carbocycles. The molecular weight excluding hydrogens is 260 g/mol. The summed E-state index contributed by atoms with van der Waals surface area (Å²) in [5.74, 6) is 0.644. The summed E-state index contributed by atoms with van der Waals surface area (Å²) in [6, 6.07) is 4.99. The van der Waals surface area contributed by atoms with Crippen LogP contribution in [0.15, 0.2) is 18.2 Å². The van der Waals surface area contributed by atoms with Crippen LogP contribution in [0.25, 0.3) is 0 Å². The molecule has 1 unspecified atom stereocenters. The zero-order valence-corrected chi connectivity index (χ0v) is 12.3. The number of rotatable bonds is 6. The molecule has 104 valence electrons. The largest absolute Gasteiger partial charge is 0.388 e. The standard InChI is InChI=1S/C13H20N4OS/c1-4-17(5-2)13(18)9(3)15-11-8-6-7-10(16-11)12(14)19/h6-9H,4-5H2,1-3H3,(H2,14,19)(H,15,16). The number of likely N-dealkylation sites (N-methyl/N-ethyl adjacent to an activating group) is 1. The molecular formula is C13H20N4OS. The van der Waals surface area contributed by atoms with Gasteiger partial charge in [-0.2, -0.15) is 0 Å². The van der Waals surface area contributed by atoms with Crippen LogP contribution in [0, 0.1) is 0 Å². The van der Waals surface area contributed by atoms with Gasteiger partial charge in [-0.15, -0.1) is 0 Å². The van der Waals surface area contributed by atoms with Crippen molar-refractivity contribution in [1.82, 2.24) is 9.88 Å². The summed E-state index contributed by atoms with van der Waals surface area (Å²) >= 11 is 4.88. The number of pyridine rings is 1. The lowest BCUT2D eigenvalue weighted by molar-refractivity contribution is -0.131. The van der Waals surface area contributed by atoms with E-state index in [0.717, 1.165) is 0 Å². The Morgan fingerprint density at radius 1 is 1.47 bits per heavy atom. The Bertz CT molecular complexity index is 460. The average Bonchev–Trinajstić information content (AvgIpc) is 2.40. The lowest BCUT2D eigenvalue weighted by Gasteiger charge is -2.23. The molecule has 1 heterocycles. The van der Waals surface area contributed by atoms with E-state index < -0.39 is 0 Å². The molecule has 0 saturated heterocycles. The number of thiocarbonyl (C=S) groups is 1. The van der Waals surface area contributed by atoms with E-state index in [1.54, 1.807) is 23.1 Å². The second kappa shape index (κ2) is 7.04. The van der Waals surface area contributed by atoms with E-state index >= 15 is 0 Å². The molecule has 0 aliphatic rings. The summed E-state index contributed by atoms with van der Waals surface area (Å²) in [7, 11) is 0. The number of amides is 1. The van der Waals surface area contributed by atoms with Crippen LogP contribution >= 0.6 is 12.2 Å². The van der Waals surface area contributed by atoms with Crippen molar-refractivity contribution in [2.45, 2.75) is 26.8 Å². The summed E-state index contributed by atoms with van der Waals surface area (Å²) in [5.41, 5.74) is 6.07. The van der Waals surface area contributed by atoms with Gasteiger partial charge in [0.25, 0.3) is 0 Å². The van der Waals surface area contributed by atoms with E-state index in [2.05, 4.69) is 10.3 Å². The van der Waals surface area contributed by atoms with Gasteiger partial charge < -0.3 is 16.0 Å². The van der Waals surface area contributed by atoms with Crippen LogP contribution in [-0.2, 0) is 4.79 Å². The Kier molecular flexibility index (Phi) is 5.69. The first kappa shape index (κ1) is 15.4.